The molecule has 0 amide bonds. The van der Waals surface area contributed by atoms with E-state index in [2.05, 4.69) is 48.2 Å². The number of rotatable bonds is 1. The van der Waals surface area contributed by atoms with E-state index in [4.69, 9.17) is 0 Å². The van der Waals surface area contributed by atoms with Crippen molar-refractivity contribution < 1.29 is 0 Å². The van der Waals surface area contributed by atoms with Gasteiger partial charge in [-0.05, 0) is 50.9 Å². The molecule has 1 saturated carbocycles. The summed E-state index contributed by atoms with van der Waals surface area (Å²) in [5, 5.41) is 1.47. The summed E-state index contributed by atoms with van der Waals surface area (Å²) in [6.45, 7) is 0. The van der Waals surface area contributed by atoms with Crippen LogP contribution in [0, 0.1) is 0 Å². The van der Waals surface area contributed by atoms with Gasteiger partial charge in [-0.3, -0.25) is 0 Å². The number of likely N-dealkylation sites (N-methyl/N-ethyl adjacent to an activating group) is 1. The molecule has 1 fully saturated rings. The van der Waals surface area contributed by atoms with Crippen LogP contribution in [0.25, 0.3) is 10.9 Å². The Morgan fingerprint density at radius 3 is 2.83 bits per heavy atom. The van der Waals surface area contributed by atoms with Crippen LogP contribution in [0.1, 0.15) is 42.4 Å². The van der Waals surface area contributed by atoms with Crippen molar-refractivity contribution in [3.63, 3.8) is 0 Å². The predicted octanol–water partition coefficient (Wildman–Crippen LogP) is 3.46. The Kier molecular flexibility index (Phi) is 2.13. The van der Waals surface area contributed by atoms with Crippen molar-refractivity contribution in [2.45, 2.75) is 37.1 Å². The standard InChI is InChI=1S/C16H20N2/c1-18(2)14-9-10-7-8-12(14)16-15(10)11-5-3-4-6-13(11)17-16/h3-6,10,12,14,17H,7-9H2,1-2H3. The molecule has 1 heterocycles. The van der Waals surface area contributed by atoms with Gasteiger partial charge in [0, 0.05) is 28.6 Å². The van der Waals surface area contributed by atoms with Crippen LogP contribution in [0.15, 0.2) is 24.3 Å². The summed E-state index contributed by atoms with van der Waals surface area (Å²) in [7, 11) is 4.46. The molecular formula is C16H20N2. The highest BCUT2D eigenvalue weighted by Crippen LogP contribution is 2.52. The highest BCUT2D eigenvalue weighted by Gasteiger charge is 2.42. The number of fused-ring (bicyclic) bond motifs is 3. The minimum Gasteiger partial charge on any atom is -0.358 e. The zero-order valence-corrected chi connectivity index (χ0v) is 11.1. The highest BCUT2D eigenvalue weighted by molar-refractivity contribution is 5.86. The van der Waals surface area contributed by atoms with Gasteiger partial charge in [0.2, 0.25) is 0 Å². The summed E-state index contributed by atoms with van der Waals surface area (Å²) < 4.78 is 0. The molecule has 3 aliphatic rings. The number of aromatic amines is 1. The largest absolute Gasteiger partial charge is 0.358 e. The first-order valence-corrected chi connectivity index (χ1v) is 7.02. The third-order valence-corrected chi connectivity index (χ3v) is 5.04. The first-order chi connectivity index (χ1) is 8.75. The lowest BCUT2D eigenvalue weighted by Gasteiger charge is -2.45. The van der Waals surface area contributed by atoms with E-state index in [9.17, 15) is 0 Å². The van der Waals surface area contributed by atoms with Gasteiger partial charge in [0.25, 0.3) is 0 Å². The summed E-state index contributed by atoms with van der Waals surface area (Å²) in [5.74, 6) is 1.49. The molecule has 94 valence electrons. The quantitative estimate of drug-likeness (QED) is 0.808. The molecule has 1 N–H and O–H groups in total. The van der Waals surface area contributed by atoms with E-state index < -0.39 is 0 Å². The second-order valence-electron chi connectivity index (χ2n) is 6.15. The number of nitrogens with one attached hydrogen (secondary N) is 1. The average Bonchev–Trinajstić information content (AvgIpc) is 2.80. The Morgan fingerprint density at radius 2 is 2.00 bits per heavy atom. The van der Waals surface area contributed by atoms with Gasteiger partial charge < -0.3 is 9.88 Å². The van der Waals surface area contributed by atoms with Crippen LogP contribution in [0.5, 0.6) is 0 Å². The van der Waals surface area contributed by atoms with Crippen LogP contribution in [0.2, 0.25) is 0 Å². The number of para-hydroxylation sites is 1. The van der Waals surface area contributed by atoms with Crippen LogP contribution in [-0.2, 0) is 0 Å². The molecule has 0 saturated heterocycles. The molecule has 3 aliphatic carbocycles. The Bertz CT molecular complexity index is 596. The van der Waals surface area contributed by atoms with Crippen LogP contribution < -0.4 is 0 Å². The molecule has 2 bridgehead atoms. The number of hydrogen-bond donors (Lipinski definition) is 1. The van der Waals surface area contributed by atoms with Crippen molar-refractivity contribution in [1.29, 1.82) is 0 Å². The van der Waals surface area contributed by atoms with Gasteiger partial charge in [-0.25, -0.2) is 0 Å². The minimum atomic E-state index is 0.715. The molecule has 5 rings (SSSR count). The van der Waals surface area contributed by atoms with E-state index in [1.165, 1.54) is 35.9 Å². The number of benzene rings is 1. The fourth-order valence-corrected chi connectivity index (χ4v) is 4.23. The van der Waals surface area contributed by atoms with Gasteiger partial charge >= 0.3 is 0 Å². The SMILES string of the molecule is CN(C)C1CC2CCC1c1[nH]c3ccccc3c12. The number of nitrogens with zero attached hydrogens (tertiary/aromatic N) is 1. The monoisotopic (exact) mass is 240 g/mol. The van der Waals surface area contributed by atoms with Gasteiger partial charge in [-0.15, -0.1) is 0 Å². The molecule has 1 aromatic heterocycles. The highest BCUT2D eigenvalue weighted by atomic mass is 15.1. The number of H-pyrrole nitrogens is 1. The van der Waals surface area contributed by atoms with E-state index >= 15 is 0 Å². The topological polar surface area (TPSA) is 19.0 Å². The minimum absolute atomic E-state index is 0.715. The first-order valence-electron chi connectivity index (χ1n) is 7.02. The van der Waals surface area contributed by atoms with Crippen LogP contribution in [-0.4, -0.2) is 30.0 Å². The lowest BCUT2D eigenvalue weighted by atomic mass is 9.66. The van der Waals surface area contributed by atoms with Gasteiger partial charge in [0.1, 0.15) is 0 Å². The maximum absolute atomic E-state index is 3.71. The average molecular weight is 240 g/mol. The van der Waals surface area contributed by atoms with Crippen molar-refractivity contribution in [3.8, 4) is 0 Å². The Morgan fingerprint density at radius 1 is 1.17 bits per heavy atom. The molecule has 3 unspecified atom stereocenters. The summed E-state index contributed by atoms with van der Waals surface area (Å²) in [6, 6.07) is 9.54. The van der Waals surface area contributed by atoms with Crippen molar-refractivity contribution in [1.82, 2.24) is 9.88 Å². The maximum Gasteiger partial charge on any atom is 0.0459 e. The fourth-order valence-electron chi connectivity index (χ4n) is 4.23. The molecular weight excluding hydrogens is 220 g/mol. The third kappa shape index (κ3) is 1.27. The van der Waals surface area contributed by atoms with Crippen LogP contribution in [0.3, 0.4) is 0 Å². The van der Waals surface area contributed by atoms with E-state index in [0.717, 1.165) is 12.0 Å². The van der Waals surface area contributed by atoms with Crippen molar-refractivity contribution in [2.75, 3.05) is 14.1 Å². The van der Waals surface area contributed by atoms with E-state index in [0.29, 0.717) is 5.92 Å². The fraction of sp³-hybridized carbons (Fsp3) is 0.500. The Balaban J connectivity index is 1.94. The lowest BCUT2D eigenvalue weighted by Crippen LogP contribution is -2.42. The molecule has 18 heavy (non-hydrogen) atoms. The zero-order valence-electron chi connectivity index (χ0n) is 11.1. The molecule has 1 aromatic carbocycles. The molecule has 2 aromatic rings. The van der Waals surface area contributed by atoms with E-state index in [1.807, 2.05) is 0 Å². The molecule has 2 nitrogen and oxygen atoms in total. The van der Waals surface area contributed by atoms with Crippen molar-refractivity contribution >= 4 is 10.9 Å². The predicted molar refractivity (Wildman–Crippen MR) is 75.1 cm³/mol. The number of hydrogen-bond acceptors (Lipinski definition) is 1. The summed E-state index contributed by atoms with van der Waals surface area (Å²) in [4.78, 5) is 6.13. The second kappa shape index (κ2) is 3.61. The summed E-state index contributed by atoms with van der Waals surface area (Å²) in [5.41, 5.74) is 4.51. The molecule has 0 aliphatic heterocycles. The van der Waals surface area contributed by atoms with Crippen LogP contribution in [0.4, 0.5) is 0 Å². The van der Waals surface area contributed by atoms with E-state index in [-0.39, 0.29) is 0 Å². The van der Waals surface area contributed by atoms with Gasteiger partial charge in [-0.2, -0.15) is 0 Å². The molecule has 0 radical (unpaired) electrons. The summed E-state index contributed by atoms with van der Waals surface area (Å²) in [6.07, 6.45) is 4.07. The summed E-state index contributed by atoms with van der Waals surface area (Å²) >= 11 is 0. The smallest absolute Gasteiger partial charge is 0.0459 e. The normalized spacial score (nSPS) is 30.1. The van der Waals surface area contributed by atoms with E-state index in [1.54, 1.807) is 5.56 Å². The lowest BCUT2D eigenvalue weighted by molar-refractivity contribution is 0.166. The van der Waals surface area contributed by atoms with Crippen LogP contribution >= 0.6 is 0 Å². The van der Waals surface area contributed by atoms with Gasteiger partial charge in [-0.1, -0.05) is 18.2 Å². The molecule has 2 heteroatoms. The molecule has 0 spiro atoms. The third-order valence-electron chi connectivity index (χ3n) is 5.04. The van der Waals surface area contributed by atoms with Crippen molar-refractivity contribution in [2.24, 2.45) is 0 Å². The Labute approximate surface area is 108 Å². The van der Waals surface area contributed by atoms with Crippen molar-refractivity contribution in [3.05, 3.63) is 35.5 Å². The second-order valence-corrected chi connectivity index (χ2v) is 6.15. The number of aromatic nitrogens is 1. The zero-order chi connectivity index (χ0) is 12.3. The molecule has 3 atom stereocenters. The van der Waals surface area contributed by atoms with Gasteiger partial charge in [0.05, 0.1) is 0 Å². The Hall–Kier alpha value is -1.28. The van der Waals surface area contributed by atoms with Gasteiger partial charge in [0.15, 0.2) is 0 Å². The first kappa shape index (κ1) is 10.6. The maximum atomic E-state index is 3.71.